The van der Waals surface area contributed by atoms with Crippen LogP contribution in [0.5, 0.6) is 0 Å². The maximum atomic E-state index is 12.9. The largest absolute Gasteiger partial charge is 0.462 e. The highest BCUT2D eigenvalue weighted by Crippen LogP contribution is 2.14. The summed E-state index contributed by atoms with van der Waals surface area (Å²) in [5, 5.41) is 0. The van der Waals surface area contributed by atoms with E-state index in [0.29, 0.717) is 19.3 Å². The van der Waals surface area contributed by atoms with E-state index in [2.05, 4.69) is 130 Å². The van der Waals surface area contributed by atoms with E-state index in [1.807, 2.05) is 0 Å². The number of rotatable bonds is 50. The zero-order chi connectivity index (χ0) is 50.0. The van der Waals surface area contributed by atoms with Gasteiger partial charge in [0.15, 0.2) is 6.10 Å². The molecular formula is C63H104O6. The van der Waals surface area contributed by atoms with Crippen molar-refractivity contribution < 1.29 is 28.6 Å². The molecule has 0 aliphatic rings. The Kier molecular flexibility index (Phi) is 53.4. The molecule has 1 unspecified atom stereocenters. The number of ether oxygens (including phenoxy) is 3. The minimum absolute atomic E-state index is 0.103. The molecule has 0 N–H and O–H groups in total. The number of unbranched alkanes of at least 4 members (excludes halogenated alkanes) is 21. The molecule has 0 bridgehead atoms. The molecule has 0 rings (SSSR count). The van der Waals surface area contributed by atoms with Gasteiger partial charge in [0.2, 0.25) is 0 Å². The highest BCUT2D eigenvalue weighted by molar-refractivity contribution is 5.71. The Labute approximate surface area is 425 Å². The van der Waals surface area contributed by atoms with Crippen molar-refractivity contribution in [3.8, 4) is 0 Å². The van der Waals surface area contributed by atoms with Crippen LogP contribution in [0.3, 0.4) is 0 Å². The first-order valence-electron chi connectivity index (χ1n) is 28.4. The van der Waals surface area contributed by atoms with Gasteiger partial charge in [0.25, 0.3) is 0 Å². The second-order valence-corrected chi connectivity index (χ2v) is 18.4. The second kappa shape index (κ2) is 56.7. The maximum Gasteiger partial charge on any atom is 0.306 e. The molecule has 0 heterocycles. The Morgan fingerprint density at radius 2 is 0.580 bits per heavy atom. The van der Waals surface area contributed by atoms with E-state index in [1.165, 1.54) is 103 Å². The minimum Gasteiger partial charge on any atom is -0.462 e. The fraction of sp³-hybridized carbons (Fsp3) is 0.667. The van der Waals surface area contributed by atoms with Crippen LogP contribution in [0, 0.1) is 0 Å². The molecule has 0 aliphatic heterocycles. The van der Waals surface area contributed by atoms with Crippen LogP contribution in [0.4, 0.5) is 0 Å². The van der Waals surface area contributed by atoms with Gasteiger partial charge in [-0.2, -0.15) is 0 Å². The van der Waals surface area contributed by atoms with Crippen LogP contribution in [-0.2, 0) is 28.6 Å². The number of esters is 3. The Morgan fingerprint density at radius 3 is 0.957 bits per heavy atom. The Morgan fingerprint density at radius 1 is 0.304 bits per heavy atom. The first-order valence-corrected chi connectivity index (χ1v) is 28.4. The summed E-state index contributed by atoms with van der Waals surface area (Å²) < 4.78 is 16.8. The molecule has 69 heavy (non-hydrogen) atoms. The lowest BCUT2D eigenvalue weighted by atomic mass is 10.1. The minimum atomic E-state index is -0.810. The van der Waals surface area contributed by atoms with Crippen LogP contribution in [-0.4, -0.2) is 37.2 Å². The molecule has 0 saturated carbocycles. The van der Waals surface area contributed by atoms with Crippen LogP contribution in [0.25, 0.3) is 0 Å². The van der Waals surface area contributed by atoms with E-state index in [4.69, 9.17) is 14.2 Å². The monoisotopic (exact) mass is 957 g/mol. The van der Waals surface area contributed by atoms with E-state index in [9.17, 15) is 14.4 Å². The topological polar surface area (TPSA) is 78.9 Å². The van der Waals surface area contributed by atoms with Crippen molar-refractivity contribution in [2.24, 2.45) is 0 Å². The number of carbonyl (C=O) groups is 3. The summed E-state index contributed by atoms with van der Waals surface area (Å²) in [4.78, 5) is 38.1. The quantitative estimate of drug-likeness (QED) is 0.0262. The second-order valence-electron chi connectivity index (χ2n) is 18.4. The third kappa shape index (κ3) is 54.9. The van der Waals surface area contributed by atoms with E-state index in [0.717, 1.165) is 103 Å². The highest BCUT2D eigenvalue weighted by Gasteiger charge is 2.19. The van der Waals surface area contributed by atoms with E-state index in [-0.39, 0.29) is 37.5 Å². The Hall–Kier alpha value is -3.93. The number of hydrogen-bond acceptors (Lipinski definition) is 6. The molecule has 0 aromatic carbocycles. The Bertz CT molecular complexity index is 1420. The van der Waals surface area contributed by atoms with Crippen LogP contribution >= 0.6 is 0 Å². The lowest BCUT2D eigenvalue weighted by Gasteiger charge is -2.18. The number of allylic oxidation sites excluding steroid dienone is 18. The summed E-state index contributed by atoms with van der Waals surface area (Å²) in [5.74, 6) is -0.978. The molecule has 0 fully saturated rings. The van der Waals surface area contributed by atoms with Crippen molar-refractivity contribution in [3.63, 3.8) is 0 Å². The predicted octanol–water partition coefficient (Wildman–Crippen LogP) is 19.1. The molecule has 392 valence electrons. The van der Waals surface area contributed by atoms with E-state index < -0.39 is 6.10 Å². The van der Waals surface area contributed by atoms with Crippen molar-refractivity contribution in [1.29, 1.82) is 0 Å². The van der Waals surface area contributed by atoms with Gasteiger partial charge in [-0.1, -0.05) is 226 Å². The summed E-state index contributed by atoms with van der Waals surface area (Å²) >= 11 is 0. The lowest BCUT2D eigenvalue weighted by molar-refractivity contribution is -0.167. The third-order valence-electron chi connectivity index (χ3n) is 11.7. The van der Waals surface area contributed by atoms with Crippen molar-refractivity contribution in [2.45, 2.75) is 258 Å². The van der Waals surface area contributed by atoms with Gasteiger partial charge in [0.05, 0.1) is 0 Å². The predicted molar refractivity (Wildman–Crippen MR) is 297 cm³/mol. The molecule has 6 nitrogen and oxygen atoms in total. The zero-order valence-corrected chi connectivity index (χ0v) is 44.8. The smallest absolute Gasteiger partial charge is 0.306 e. The SMILES string of the molecule is CC/C=C\C/C=C\C/C=C\C/C=C\C/C=C\CCCC(=O)OCC(COC(=O)CCCCCCCCC/C=C\CCCCCCCC)OC(=O)CCCCCCCCC/C=C\C/C=C\C/C=C\CC. The molecule has 0 saturated heterocycles. The van der Waals surface area contributed by atoms with E-state index >= 15 is 0 Å². The molecule has 0 spiro atoms. The molecule has 0 aliphatic carbocycles. The van der Waals surface area contributed by atoms with Crippen molar-refractivity contribution >= 4 is 17.9 Å². The van der Waals surface area contributed by atoms with Crippen LogP contribution in [0.1, 0.15) is 252 Å². The maximum absolute atomic E-state index is 12.9. The fourth-order valence-corrected chi connectivity index (χ4v) is 7.55. The lowest BCUT2D eigenvalue weighted by Crippen LogP contribution is -2.30. The van der Waals surface area contributed by atoms with Gasteiger partial charge >= 0.3 is 17.9 Å². The van der Waals surface area contributed by atoms with Gasteiger partial charge in [-0.3, -0.25) is 14.4 Å². The van der Waals surface area contributed by atoms with Gasteiger partial charge < -0.3 is 14.2 Å². The number of hydrogen-bond donors (Lipinski definition) is 0. The highest BCUT2D eigenvalue weighted by atomic mass is 16.6. The van der Waals surface area contributed by atoms with Crippen molar-refractivity contribution in [1.82, 2.24) is 0 Å². The molecule has 0 aromatic rings. The van der Waals surface area contributed by atoms with Crippen LogP contribution in [0.2, 0.25) is 0 Å². The first-order chi connectivity index (χ1) is 34.0. The van der Waals surface area contributed by atoms with Gasteiger partial charge in [0.1, 0.15) is 13.2 Å². The molecule has 0 amide bonds. The molecule has 1 atom stereocenters. The summed E-state index contributed by atoms with van der Waals surface area (Å²) in [6.45, 7) is 6.35. The van der Waals surface area contributed by atoms with Gasteiger partial charge in [-0.05, 0) is 116 Å². The van der Waals surface area contributed by atoms with Crippen molar-refractivity contribution in [2.75, 3.05) is 13.2 Å². The van der Waals surface area contributed by atoms with Gasteiger partial charge in [0, 0.05) is 19.3 Å². The average Bonchev–Trinajstić information content (AvgIpc) is 3.35. The first kappa shape index (κ1) is 65.1. The van der Waals surface area contributed by atoms with Gasteiger partial charge in [-0.25, -0.2) is 0 Å². The number of carbonyl (C=O) groups excluding carboxylic acids is 3. The van der Waals surface area contributed by atoms with Crippen LogP contribution in [0.15, 0.2) is 109 Å². The third-order valence-corrected chi connectivity index (χ3v) is 11.7. The standard InChI is InChI=1S/C63H104O6/c1-4-7-10-13-16-19-22-25-28-31-34-37-40-43-46-49-52-55-61(64)67-58-60(69-63(66)57-54-51-48-45-42-39-36-33-30-27-24-21-18-15-12-9-6-3)59-68-62(65)56-53-50-47-44-41-38-35-32-29-26-23-20-17-14-11-8-5-2/h7,9-10,12,16,18-19,21,25-30,34,37,43,46,60H,4-6,8,11,13-15,17,20,22-24,31-33,35-36,38-42,44-45,47-59H2,1-3H3/b10-7-,12-9-,19-16-,21-18-,28-25-,29-26-,30-27-,37-34-,46-43-. The summed E-state index contributed by atoms with van der Waals surface area (Å²) in [5.41, 5.74) is 0. The van der Waals surface area contributed by atoms with Crippen molar-refractivity contribution in [3.05, 3.63) is 109 Å². The van der Waals surface area contributed by atoms with Crippen LogP contribution < -0.4 is 0 Å². The summed E-state index contributed by atoms with van der Waals surface area (Å²) in [7, 11) is 0. The molecule has 0 radical (unpaired) electrons. The molecule has 0 aromatic heterocycles. The fourth-order valence-electron chi connectivity index (χ4n) is 7.55. The summed E-state index contributed by atoms with van der Waals surface area (Å²) in [6, 6.07) is 0. The molecular weight excluding hydrogens is 853 g/mol. The zero-order valence-electron chi connectivity index (χ0n) is 44.8. The van der Waals surface area contributed by atoms with Gasteiger partial charge in [-0.15, -0.1) is 0 Å². The van der Waals surface area contributed by atoms with E-state index in [1.54, 1.807) is 0 Å². The normalized spacial score (nSPS) is 12.9. The Balaban J connectivity index is 4.50. The average molecular weight is 958 g/mol. The molecule has 6 heteroatoms. The summed E-state index contributed by atoms with van der Waals surface area (Å²) in [6.07, 6.45) is 76.5.